The maximum absolute atomic E-state index is 12.8. The summed E-state index contributed by atoms with van der Waals surface area (Å²) in [6, 6.07) is 7.56. The number of thioether (sulfide) groups is 1. The number of carbonyl (C=O) groups is 1. The number of non-ortho nitro benzene ring substituents is 1. The van der Waals surface area contributed by atoms with E-state index in [1.807, 2.05) is 5.01 Å². The van der Waals surface area contributed by atoms with Gasteiger partial charge in [0.2, 0.25) is 0 Å². The monoisotopic (exact) mass is 451 g/mol. The van der Waals surface area contributed by atoms with Gasteiger partial charge in [-0.05, 0) is 18.2 Å². The molecule has 2 aromatic rings. The number of benzene rings is 1. The minimum absolute atomic E-state index is 0.0997. The fourth-order valence-corrected chi connectivity index (χ4v) is 4.54. The van der Waals surface area contributed by atoms with Crippen molar-refractivity contribution in [2.45, 2.75) is 0 Å². The van der Waals surface area contributed by atoms with E-state index in [0.717, 1.165) is 0 Å². The Morgan fingerprint density at radius 1 is 1.24 bits per heavy atom. The van der Waals surface area contributed by atoms with Crippen molar-refractivity contribution in [3.8, 4) is 11.3 Å². The second-order valence-electron chi connectivity index (χ2n) is 6.18. The van der Waals surface area contributed by atoms with Gasteiger partial charge >= 0.3 is 0 Å². The Hall–Kier alpha value is -2.24. The molecule has 8 nitrogen and oxygen atoms in total. The first kappa shape index (κ1) is 20.0. The summed E-state index contributed by atoms with van der Waals surface area (Å²) in [7, 11) is 0. The third-order valence-corrected chi connectivity index (χ3v) is 5.97. The summed E-state index contributed by atoms with van der Waals surface area (Å²) < 4.78 is 11.6. The maximum atomic E-state index is 12.8. The van der Waals surface area contributed by atoms with Crippen molar-refractivity contribution < 1.29 is 18.9 Å². The van der Waals surface area contributed by atoms with Gasteiger partial charge in [0.25, 0.3) is 11.6 Å². The molecular formula is C18H14ClN3O5S2. The highest BCUT2D eigenvalue weighted by molar-refractivity contribution is 8.26. The van der Waals surface area contributed by atoms with E-state index in [0.29, 0.717) is 52.6 Å². The van der Waals surface area contributed by atoms with Gasteiger partial charge in [-0.15, -0.1) is 0 Å². The fraction of sp³-hybridized carbons (Fsp3) is 0.222. The van der Waals surface area contributed by atoms with E-state index in [1.54, 1.807) is 18.2 Å². The molecule has 0 aliphatic carbocycles. The van der Waals surface area contributed by atoms with Crippen LogP contribution in [0.1, 0.15) is 5.76 Å². The molecule has 11 heteroatoms. The minimum atomic E-state index is -0.514. The standard InChI is InChI=1S/C18H14ClN3O5S2/c19-14-9-11(22(24)25)1-3-13(14)15-4-2-12(27-15)10-16-17(23)21(18(28)29-16)20-5-7-26-8-6-20/h1-4,9-10H,5-8H2/b16-10+. The van der Waals surface area contributed by atoms with Crippen LogP contribution in [-0.2, 0) is 9.53 Å². The molecule has 1 amide bonds. The number of hydrogen-bond donors (Lipinski definition) is 0. The van der Waals surface area contributed by atoms with Crippen molar-refractivity contribution in [3.63, 3.8) is 0 Å². The largest absolute Gasteiger partial charge is 0.457 e. The summed E-state index contributed by atoms with van der Waals surface area (Å²) in [6.45, 7) is 2.30. The van der Waals surface area contributed by atoms with Crippen LogP contribution in [-0.4, -0.2) is 51.5 Å². The van der Waals surface area contributed by atoms with Crippen molar-refractivity contribution in [2.75, 3.05) is 26.3 Å². The molecule has 0 N–H and O–H groups in total. The molecule has 0 spiro atoms. The molecule has 3 heterocycles. The normalized spacial score (nSPS) is 19.3. The topological polar surface area (TPSA) is 89.1 Å². The van der Waals surface area contributed by atoms with Crippen molar-refractivity contribution in [3.05, 3.63) is 56.1 Å². The summed E-state index contributed by atoms with van der Waals surface area (Å²) in [5.41, 5.74) is 0.426. The molecule has 0 saturated carbocycles. The highest BCUT2D eigenvalue weighted by Crippen LogP contribution is 2.36. The number of nitro groups is 1. The van der Waals surface area contributed by atoms with Gasteiger partial charge in [-0.3, -0.25) is 14.9 Å². The Morgan fingerprint density at radius 2 is 2.00 bits per heavy atom. The van der Waals surface area contributed by atoms with E-state index < -0.39 is 4.92 Å². The number of morpholine rings is 1. The van der Waals surface area contributed by atoms with Crippen molar-refractivity contribution >= 4 is 57.6 Å². The second kappa shape index (κ2) is 8.25. The Labute approximate surface area is 180 Å². The average molecular weight is 452 g/mol. The number of thiocarbonyl (C=S) groups is 1. The van der Waals surface area contributed by atoms with Crippen LogP contribution in [0.2, 0.25) is 5.02 Å². The van der Waals surface area contributed by atoms with Crippen molar-refractivity contribution in [1.82, 2.24) is 10.0 Å². The molecule has 0 atom stereocenters. The number of hydrazine groups is 1. The zero-order valence-electron chi connectivity index (χ0n) is 14.9. The van der Waals surface area contributed by atoms with Gasteiger partial charge in [0.15, 0.2) is 4.32 Å². The van der Waals surface area contributed by atoms with Crippen LogP contribution >= 0.6 is 35.6 Å². The zero-order valence-corrected chi connectivity index (χ0v) is 17.3. The van der Waals surface area contributed by atoms with Gasteiger partial charge in [-0.1, -0.05) is 35.6 Å². The van der Waals surface area contributed by atoms with Crippen molar-refractivity contribution in [1.29, 1.82) is 0 Å². The lowest BCUT2D eigenvalue weighted by Gasteiger charge is -2.33. The quantitative estimate of drug-likeness (QED) is 0.299. The van der Waals surface area contributed by atoms with Gasteiger partial charge < -0.3 is 9.15 Å². The number of rotatable bonds is 4. The lowest BCUT2D eigenvalue weighted by molar-refractivity contribution is -0.384. The molecule has 4 rings (SSSR count). The number of nitrogens with zero attached hydrogens (tertiary/aromatic N) is 3. The molecule has 2 aliphatic rings. The van der Waals surface area contributed by atoms with Gasteiger partial charge in [0.1, 0.15) is 11.5 Å². The summed E-state index contributed by atoms with van der Waals surface area (Å²) in [6.07, 6.45) is 1.63. The summed E-state index contributed by atoms with van der Waals surface area (Å²) in [5, 5.41) is 14.4. The molecule has 1 aromatic heterocycles. The third kappa shape index (κ3) is 4.07. The van der Waals surface area contributed by atoms with Crippen LogP contribution in [0.4, 0.5) is 5.69 Å². The maximum Gasteiger partial charge on any atom is 0.281 e. The van der Waals surface area contributed by atoms with Crippen LogP contribution in [0, 0.1) is 10.1 Å². The second-order valence-corrected chi connectivity index (χ2v) is 8.27. The fourth-order valence-electron chi connectivity index (χ4n) is 2.98. The number of furan rings is 1. The first-order valence-electron chi connectivity index (χ1n) is 8.59. The van der Waals surface area contributed by atoms with Crippen LogP contribution in [0.5, 0.6) is 0 Å². The molecule has 2 fully saturated rings. The molecule has 0 bridgehead atoms. The van der Waals surface area contributed by atoms with Gasteiger partial charge in [0, 0.05) is 36.9 Å². The predicted octanol–water partition coefficient (Wildman–Crippen LogP) is 3.96. The lowest BCUT2D eigenvalue weighted by atomic mass is 10.1. The molecule has 0 unspecified atom stereocenters. The van der Waals surface area contributed by atoms with Crippen LogP contribution in [0.15, 0.2) is 39.7 Å². The highest BCUT2D eigenvalue weighted by Gasteiger charge is 2.37. The lowest BCUT2D eigenvalue weighted by Crippen LogP contribution is -2.50. The van der Waals surface area contributed by atoms with Gasteiger partial charge in [-0.25, -0.2) is 10.0 Å². The van der Waals surface area contributed by atoms with Gasteiger partial charge in [-0.2, -0.15) is 0 Å². The molecule has 1 aromatic carbocycles. The zero-order chi connectivity index (χ0) is 20.5. The average Bonchev–Trinajstić information content (AvgIpc) is 3.27. The number of nitro benzene ring substituents is 1. The Kier molecular flexibility index (Phi) is 5.70. The van der Waals surface area contributed by atoms with Crippen LogP contribution in [0.3, 0.4) is 0 Å². The van der Waals surface area contributed by atoms with Crippen LogP contribution < -0.4 is 0 Å². The smallest absolute Gasteiger partial charge is 0.281 e. The molecule has 2 saturated heterocycles. The molecule has 2 aliphatic heterocycles. The molecule has 0 radical (unpaired) electrons. The van der Waals surface area contributed by atoms with E-state index >= 15 is 0 Å². The number of ether oxygens (including phenoxy) is 1. The molecule has 29 heavy (non-hydrogen) atoms. The summed E-state index contributed by atoms with van der Waals surface area (Å²) >= 11 is 12.7. The Bertz CT molecular complexity index is 1030. The molecule has 150 valence electrons. The van der Waals surface area contributed by atoms with E-state index in [-0.39, 0.29) is 16.6 Å². The van der Waals surface area contributed by atoms with E-state index in [2.05, 4.69) is 0 Å². The van der Waals surface area contributed by atoms with Crippen molar-refractivity contribution in [2.24, 2.45) is 0 Å². The summed E-state index contributed by atoms with van der Waals surface area (Å²) in [4.78, 5) is 23.6. The first-order chi connectivity index (χ1) is 13.9. The van der Waals surface area contributed by atoms with Gasteiger partial charge in [0.05, 0.1) is 28.1 Å². The van der Waals surface area contributed by atoms with E-state index in [9.17, 15) is 14.9 Å². The third-order valence-electron chi connectivity index (χ3n) is 4.37. The Morgan fingerprint density at radius 3 is 2.69 bits per heavy atom. The molecular weight excluding hydrogens is 438 g/mol. The first-order valence-corrected chi connectivity index (χ1v) is 10.2. The van der Waals surface area contributed by atoms with Crippen LogP contribution in [0.25, 0.3) is 17.4 Å². The van der Waals surface area contributed by atoms with E-state index in [4.69, 9.17) is 33.0 Å². The Balaban J connectivity index is 1.56. The highest BCUT2D eigenvalue weighted by atomic mass is 35.5. The summed E-state index contributed by atoms with van der Waals surface area (Å²) in [5.74, 6) is 0.699. The minimum Gasteiger partial charge on any atom is -0.457 e. The number of halogens is 1. The number of carbonyl (C=O) groups excluding carboxylic acids is 1. The predicted molar refractivity (Wildman–Crippen MR) is 113 cm³/mol. The number of hydrogen-bond acceptors (Lipinski definition) is 8. The SMILES string of the molecule is O=C1/C(=C\c2ccc(-c3ccc([N+](=O)[O-])cc3Cl)o2)SC(=S)N1N1CCOCC1. The number of amides is 1. The van der Waals surface area contributed by atoms with E-state index in [1.165, 1.54) is 35.0 Å².